The zero-order valence-electron chi connectivity index (χ0n) is 42.7. The first-order valence-corrected chi connectivity index (χ1v) is 26.5. The van der Waals surface area contributed by atoms with Crippen LogP contribution in [0.5, 0.6) is 11.8 Å². The first-order chi connectivity index (χ1) is 35.8. The molecule has 74 heavy (non-hydrogen) atoms. The Labute approximate surface area is 451 Å². The lowest BCUT2D eigenvalue weighted by atomic mass is 9.70. The van der Waals surface area contributed by atoms with Crippen molar-refractivity contribution in [2.45, 2.75) is 35.9 Å². The van der Waals surface area contributed by atoms with E-state index in [0.29, 0.717) is 37.7 Å². The van der Waals surface area contributed by atoms with E-state index in [9.17, 15) is 10.2 Å². The summed E-state index contributed by atoms with van der Waals surface area (Å²) >= 11 is 7.21. The zero-order valence-corrected chi connectivity index (χ0v) is 45.9. The number of hydrogen-bond acceptors (Lipinski definition) is 8. The Morgan fingerprint density at radius 1 is 0.446 bits per heavy atom. The molecule has 0 aliphatic rings. The van der Waals surface area contributed by atoms with Crippen LogP contribution in [0.15, 0.2) is 203 Å². The number of aliphatic hydroxyl groups is 2. The third-order valence-corrected chi connectivity index (χ3v) is 15.1. The Morgan fingerprint density at radius 3 is 1.19 bits per heavy atom. The van der Waals surface area contributed by atoms with E-state index in [2.05, 4.69) is 139 Å². The molecule has 0 bridgehead atoms. The number of hydrogen-bond donors (Lipinski definition) is 2. The Bertz CT molecular complexity index is 3300. The molecule has 0 radical (unpaired) electrons. The Morgan fingerprint density at radius 2 is 0.811 bits per heavy atom. The number of methoxy groups -OCH3 is 2. The van der Waals surface area contributed by atoms with E-state index in [1.165, 1.54) is 0 Å². The largest absolute Gasteiger partial charge is 0.481 e. The smallest absolute Gasteiger partial charge is 0.217 e. The van der Waals surface area contributed by atoms with E-state index >= 15 is 0 Å². The molecule has 10 aromatic rings. The average molecular weight is 1110 g/mol. The predicted octanol–water partition coefficient (Wildman–Crippen LogP) is 14.3. The van der Waals surface area contributed by atoms with Crippen molar-refractivity contribution < 1.29 is 19.7 Å². The summed E-state index contributed by atoms with van der Waals surface area (Å²) < 4.78 is 13.7. The lowest BCUT2D eigenvalue weighted by Gasteiger charge is -2.39. The summed E-state index contributed by atoms with van der Waals surface area (Å²) in [5, 5.41) is 32.3. The summed E-state index contributed by atoms with van der Waals surface area (Å²) in [5.74, 6) is 0.190. The van der Waals surface area contributed by atoms with Crippen molar-refractivity contribution in [3.05, 3.63) is 236 Å². The number of halogens is 2. The van der Waals surface area contributed by atoms with Crippen LogP contribution in [0.1, 0.15) is 58.1 Å². The maximum atomic E-state index is 13.0. The van der Waals surface area contributed by atoms with Gasteiger partial charge >= 0.3 is 0 Å². The Balaban J connectivity index is 0.000000182. The number of pyridine rings is 2. The molecule has 0 aliphatic heterocycles. The molecule has 0 amide bonds. The van der Waals surface area contributed by atoms with Crippen molar-refractivity contribution in [1.82, 2.24) is 19.8 Å². The van der Waals surface area contributed by atoms with Gasteiger partial charge in [0.25, 0.3) is 0 Å². The van der Waals surface area contributed by atoms with Gasteiger partial charge < -0.3 is 29.5 Å². The minimum Gasteiger partial charge on any atom is -0.481 e. The Kier molecular flexibility index (Phi) is 16.2. The number of ether oxygens (including phenoxy) is 2. The molecule has 8 aromatic carbocycles. The number of benzene rings is 8. The van der Waals surface area contributed by atoms with E-state index in [1.807, 2.05) is 125 Å². The van der Waals surface area contributed by atoms with Crippen molar-refractivity contribution in [3.8, 4) is 11.8 Å². The van der Waals surface area contributed by atoms with Gasteiger partial charge in [0.15, 0.2) is 0 Å². The van der Waals surface area contributed by atoms with Crippen LogP contribution in [-0.2, 0) is 11.2 Å². The van der Waals surface area contributed by atoms with Crippen molar-refractivity contribution in [2.24, 2.45) is 0 Å². The van der Waals surface area contributed by atoms with Gasteiger partial charge in [-0.25, -0.2) is 9.97 Å². The van der Waals surface area contributed by atoms with Crippen molar-refractivity contribution in [1.29, 1.82) is 0 Å². The molecule has 10 rings (SSSR count). The number of nitrogens with zero attached hydrogens (tertiary/aromatic N) is 4. The van der Waals surface area contributed by atoms with Crippen molar-refractivity contribution in [2.75, 3.05) is 55.5 Å². The van der Waals surface area contributed by atoms with Gasteiger partial charge in [0.2, 0.25) is 11.8 Å². The third-order valence-electron chi connectivity index (χ3n) is 14.2. The van der Waals surface area contributed by atoms with Gasteiger partial charge in [-0.05, 0) is 133 Å². The molecule has 2 unspecified atom stereocenters. The van der Waals surface area contributed by atoms with Crippen LogP contribution >= 0.6 is 31.9 Å². The topological polar surface area (TPSA) is 91.2 Å². The summed E-state index contributed by atoms with van der Waals surface area (Å²) in [6, 6.07) is 65.6. The van der Waals surface area contributed by atoms with Crippen LogP contribution < -0.4 is 9.47 Å². The molecular formula is C64H62Br2N4O4. The molecule has 2 aromatic heterocycles. The highest BCUT2D eigenvalue weighted by molar-refractivity contribution is 9.10. The normalized spacial score (nSPS) is 14.1. The quantitative estimate of drug-likeness (QED) is 0.0989. The molecule has 0 spiro atoms. The molecule has 2 N–H and O–H groups in total. The first-order valence-electron chi connectivity index (χ1n) is 24.9. The fraction of sp³-hybridized carbons (Fsp3) is 0.219. The number of fused-ring (bicyclic) bond motifs is 4. The van der Waals surface area contributed by atoms with Crippen LogP contribution in [0.25, 0.3) is 43.4 Å². The second-order valence-electron chi connectivity index (χ2n) is 19.5. The number of aromatic nitrogens is 2. The minimum atomic E-state index is -1.25. The van der Waals surface area contributed by atoms with Gasteiger partial charge in [0.1, 0.15) is 11.2 Å². The van der Waals surface area contributed by atoms with E-state index in [4.69, 9.17) is 19.4 Å². The molecule has 0 saturated heterocycles. The summed E-state index contributed by atoms with van der Waals surface area (Å²) in [6.45, 7) is 1.41. The Hall–Kier alpha value is -6.50. The molecule has 8 nitrogen and oxygen atoms in total. The molecule has 0 saturated carbocycles. The SMILES string of the molecule is COc1nc2ccc(Br)cc2cc1C(c1ccccc1)[C@@](O)(CCN(C)C)c1cccc2ccccc12.COc1nc2ccc(Br)cc2cc1C(c1ccccc1)[C@](O)(CCN(C)C)c1cccc2ccccc12. The van der Waals surface area contributed by atoms with Crippen LogP contribution in [0.4, 0.5) is 0 Å². The lowest BCUT2D eigenvalue weighted by molar-refractivity contribution is 0.00490. The van der Waals surface area contributed by atoms with E-state index < -0.39 is 23.0 Å². The van der Waals surface area contributed by atoms with E-state index in [0.717, 1.165) is 85.7 Å². The van der Waals surface area contributed by atoms with Gasteiger partial charge in [-0.15, -0.1) is 0 Å². The number of rotatable bonds is 16. The predicted molar refractivity (Wildman–Crippen MR) is 311 cm³/mol. The van der Waals surface area contributed by atoms with Crippen molar-refractivity contribution >= 4 is 75.2 Å². The highest BCUT2D eigenvalue weighted by Gasteiger charge is 2.45. The maximum absolute atomic E-state index is 13.0. The maximum Gasteiger partial charge on any atom is 0.217 e. The molecular weight excluding hydrogens is 1050 g/mol. The molecule has 376 valence electrons. The monoisotopic (exact) mass is 1110 g/mol. The van der Waals surface area contributed by atoms with Gasteiger partial charge in [-0.1, -0.05) is 177 Å². The summed E-state index contributed by atoms with van der Waals surface area (Å²) in [4.78, 5) is 14.0. The van der Waals surface area contributed by atoms with E-state index in [-0.39, 0.29) is 0 Å². The highest BCUT2D eigenvalue weighted by Crippen LogP contribution is 2.51. The second-order valence-corrected chi connectivity index (χ2v) is 21.4. The summed E-state index contributed by atoms with van der Waals surface area (Å²) in [5.41, 5.74) is 4.72. The van der Waals surface area contributed by atoms with Crippen LogP contribution in [-0.4, -0.2) is 85.5 Å². The third kappa shape index (κ3) is 11.0. The molecule has 4 atom stereocenters. The van der Waals surface area contributed by atoms with Gasteiger partial charge in [-0.3, -0.25) is 0 Å². The molecule has 10 heteroatoms. The van der Waals surface area contributed by atoms with Crippen molar-refractivity contribution in [3.63, 3.8) is 0 Å². The average Bonchev–Trinajstić information content (AvgIpc) is 3.42. The van der Waals surface area contributed by atoms with Crippen LogP contribution in [0.2, 0.25) is 0 Å². The molecule has 0 aliphatic carbocycles. The second kappa shape index (κ2) is 22.9. The molecule has 0 fully saturated rings. The first kappa shape index (κ1) is 52.4. The van der Waals surface area contributed by atoms with Gasteiger partial charge in [0.05, 0.1) is 25.3 Å². The lowest BCUT2D eigenvalue weighted by Crippen LogP contribution is -2.38. The van der Waals surface area contributed by atoms with Gasteiger partial charge in [-0.2, -0.15) is 0 Å². The van der Waals surface area contributed by atoms with Gasteiger partial charge in [0, 0.05) is 55.8 Å². The zero-order chi connectivity index (χ0) is 52.0. The minimum absolute atomic E-state index is 0.426. The highest BCUT2D eigenvalue weighted by atomic mass is 79.9. The standard InChI is InChI=1S/2C32H31BrN2O2/c2*1-35(2)19-18-32(36,28-15-9-13-22-10-7-8-14-26(22)28)30(23-11-5-4-6-12-23)27-21-24-20-25(33)16-17-29(24)34-31(27)37-3/h2*4-17,20-21,30,36H,18-19H2,1-3H3/t2*30?,32-/m10/s1. The van der Waals surface area contributed by atoms with Crippen LogP contribution in [0, 0.1) is 0 Å². The molecule has 2 heterocycles. The fourth-order valence-corrected chi connectivity index (χ4v) is 11.4. The van der Waals surface area contributed by atoms with E-state index in [1.54, 1.807) is 14.2 Å². The summed E-state index contributed by atoms with van der Waals surface area (Å²) in [6.07, 6.45) is 1.04. The summed E-state index contributed by atoms with van der Waals surface area (Å²) in [7, 11) is 11.5. The van der Waals surface area contributed by atoms with Crippen LogP contribution in [0.3, 0.4) is 0 Å². The fourth-order valence-electron chi connectivity index (χ4n) is 10.6.